The average Bonchev–Trinajstić information content (AvgIpc) is 2.54. The predicted octanol–water partition coefficient (Wildman–Crippen LogP) is 3.26. The summed E-state index contributed by atoms with van der Waals surface area (Å²) in [5, 5.41) is 12.8. The first-order valence-corrected chi connectivity index (χ1v) is 7.69. The topological polar surface area (TPSA) is 38.7 Å². The van der Waals surface area contributed by atoms with Gasteiger partial charge in [-0.25, -0.2) is 0 Å². The van der Waals surface area contributed by atoms with Crippen LogP contribution in [0.5, 0.6) is 0 Å². The number of methoxy groups -OCH3 is 1. The Balaban J connectivity index is 1.84. The first kappa shape index (κ1) is 15.2. The van der Waals surface area contributed by atoms with Crippen molar-refractivity contribution in [3.05, 3.63) is 54.1 Å². The Kier molecular flexibility index (Phi) is 4.57. The molecule has 1 fully saturated rings. The van der Waals surface area contributed by atoms with Gasteiger partial charge in [-0.05, 0) is 16.3 Å². The molecule has 1 aliphatic heterocycles. The molecule has 3 rings (SSSR count). The number of hydrogen-bond donors (Lipinski definition) is 1. The van der Waals surface area contributed by atoms with Crippen molar-refractivity contribution in [3.8, 4) is 0 Å². The van der Waals surface area contributed by atoms with Gasteiger partial charge in [-0.15, -0.1) is 0 Å². The SMILES string of the molecule is CO[C@@H]1[C@@H](O)[C@H](C=Cc2cccc3ccccc23)OC[C@@H]1C. The Hall–Kier alpha value is -1.68. The van der Waals surface area contributed by atoms with Gasteiger partial charge in [0.1, 0.15) is 12.2 Å². The Morgan fingerprint density at radius 3 is 2.77 bits per heavy atom. The Labute approximate surface area is 131 Å². The minimum Gasteiger partial charge on any atom is -0.387 e. The quantitative estimate of drug-likeness (QED) is 0.945. The Morgan fingerprint density at radius 1 is 1.18 bits per heavy atom. The van der Waals surface area contributed by atoms with Crippen molar-refractivity contribution in [1.29, 1.82) is 0 Å². The van der Waals surface area contributed by atoms with Gasteiger partial charge in [0.15, 0.2) is 0 Å². The molecule has 0 amide bonds. The maximum atomic E-state index is 10.4. The number of fused-ring (bicyclic) bond motifs is 1. The summed E-state index contributed by atoms with van der Waals surface area (Å²) in [5.41, 5.74) is 1.13. The fraction of sp³-hybridized carbons (Fsp3) is 0.368. The molecule has 0 spiro atoms. The molecular formula is C19H22O3. The first-order chi connectivity index (χ1) is 10.7. The van der Waals surface area contributed by atoms with Gasteiger partial charge in [-0.2, -0.15) is 0 Å². The molecule has 3 heteroatoms. The Morgan fingerprint density at radius 2 is 1.95 bits per heavy atom. The minimum absolute atomic E-state index is 0.184. The van der Waals surface area contributed by atoms with Gasteiger partial charge in [-0.3, -0.25) is 0 Å². The van der Waals surface area contributed by atoms with E-state index in [1.165, 1.54) is 10.8 Å². The molecule has 0 aromatic heterocycles. The number of aliphatic hydroxyl groups excluding tert-OH is 1. The lowest BCUT2D eigenvalue weighted by atomic mass is 9.93. The van der Waals surface area contributed by atoms with Crippen LogP contribution in [0.4, 0.5) is 0 Å². The van der Waals surface area contributed by atoms with Gasteiger partial charge in [0.2, 0.25) is 0 Å². The molecule has 0 saturated carbocycles. The van der Waals surface area contributed by atoms with Crippen molar-refractivity contribution < 1.29 is 14.6 Å². The highest BCUT2D eigenvalue weighted by molar-refractivity contribution is 5.90. The lowest BCUT2D eigenvalue weighted by molar-refractivity contribution is -0.154. The molecule has 3 nitrogen and oxygen atoms in total. The normalized spacial score (nSPS) is 29.2. The van der Waals surface area contributed by atoms with E-state index in [4.69, 9.17) is 9.47 Å². The summed E-state index contributed by atoms with van der Waals surface area (Å²) in [4.78, 5) is 0. The van der Waals surface area contributed by atoms with E-state index in [0.717, 1.165) is 5.56 Å². The highest BCUT2D eigenvalue weighted by atomic mass is 16.5. The van der Waals surface area contributed by atoms with Crippen LogP contribution in [-0.4, -0.2) is 37.1 Å². The zero-order chi connectivity index (χ0) is 15.5. The van der Waals surface area contributed by atoms with Gasteiger partial charge in [0.25, 0.3) is 0 Å². The molecule has 0 unspecified atom stereocenters. The van der Waals surface area contributed by atoms with Crippen LogP contribution in [0, 0.1) is 5.92 Å². The summed E-state index contributed by atoms with van der Waals surface area (Å²) < 4.78 is 11.2. The average molecular weight is 298 g/mol. The van der Waals surface area contributed by atoms with Crippen LogP contribution < -0.4 is 0 Å². The van der Waals surface area contributed by atoms with Gasteiger partial charge < -0.3 is 14.6 Å². The molecule has 1 heterocycles. The van der Waals surface area contributed by atoms with Gasteiger partial charge in [0, 0.05) is 13.0 Å². The predicted molar refractivity (Wildman–Crippen MR) is 88.7 cm³/mol. The standard InChI is InChI=1S/C19H22O3/c1-13-12-22-17(18(20)19(13)21-2)11-10-15-8-5-7-14-6-3-4-9-16(14)15/h3-11,13,17-20H,12H2,1-2H3/t13-,17-,18-,19-/m0/s1. The lowest BCUT2D eigenvalue weighted by Crippen LogP contribution is -2.49. The smallest absolute Gasteiger partial charge is 0.110 e. The van der Waals surface area contributed by atoms with Crippen LogP contribution in [0.15, 0.2) is 48.5 Å². The number of ether oxygens (including phenoxy) is 2. The van der Waals surface area contributed by atoms with Gasteiger partial charge in [-0.1, -0.05) is 61.5 Å². The van der Waals surface area contributed by atoms with E-state index in [2.05, 4.69) is 24.3 Å². The molecule has 0 bridgehead atoms. The van der Waals surface area contributed by atoms with E-state index >= 15 is 0 Å². The second-order valence-electron chi connectivity index (χ2n) is 5.89. The van der Waals surface area contributed by atoms with Crippen LogP contribution >= 0.6 is 0 Å². The number of hydrogen-bond acceptors (Lipinski definition) is 3. The molecule has 116 valence electrons. The maximum absolute atomic E-state index is 10.4. The Bertz CT molecular complexity index is 659. The molecule has 1 aliphatic rings. The number of rotatable bonds is 3. The summed E-state index contributed by atoms with van der Waals surface area (Å²) in [6.45, 7) is 2.63. The zero-order valence-corrected chi connectivity index (χ0v) is 13.0. The van der Waals surface area contributed by atoms with E-state index in [1.54, 1.807) is 7.11 Å². The molecule has 2 aromatic rings. The van der Waals surface area contributed by atoms with E-state index < -0.39 is 6.10 Å². The van der Waals surface area contributed by atoms with Crippen LogP contribution in [0.25, 0.3) is 16.8 Å². The number of benzene rings is 2. The van der Waals surface area contributed by atoms with Crippen molar-refractivity contribution >= 4 is 16.8 Å². The van der Waals surface area contributed by atoms with E-state index in [-0.39, 0.29) is 18.1 Å². The molecule has 0 aliphatic carbocycles. The molecule has 1 N–H and O–H groups in total. The maximum Gasteiger partial charge on any atom is 0.110 e. The second-order valence-corrected chi connectivity index (χ2v) is 5.89. The van der Waals surface area contributed by atoms with Crippen LogP contribution in [-0.2, 0) is 9.47 Å². The van der Waals surface area contributed by atoms with E-state index in [9.17, 15) is 5.11 Å². The number of aliphatic hydroxyl groups is 1. The third-order valence-electron chi connectivity index (χ3n) is 4.35. The van der Waals surface area contributed by atoms with Crippen molar-refractivity contribution in [2.75, 3.05) is 13.7 Å². The highest BCUT2D eigenvalue weighted by Gasteiger charge is 2.36. The first-order valence-electron chi connectivity index (χ1n) is 7.69. The van der Waals surface area contributed by atoms with Crippen LogP contribution in [0.3, 0.4) is 0 Å². The lowest BCUT2D eigenvalue weighted by Gasteiger charge is -2.36. The molecule has 2 aromatic carbocycles. The molecule has 22 heavy (non-hydrogen) atoms. The second kappa shape index (κ2) is 6.61. The van der Waals surface area contributed by atoms with Crippen molar-refractivity contribution in [2.24, 2.45) is 5.92 Å². The molecule has 1 saturated heterocycles. The summed E-state index contributed by atoms with van der Waals surface area (Å²) in [5.74, 6) is 0.196. The summed E-state index contributed by atoms with van der Waals surface area (Å²) in [6, 6.07) is 14.5. The fourth-order valence-electron chi connectivity index (χ4n) is 3.12. The zero-order valence-electron chi connectivity index (χ0n) is 13.0. The van der Waals surface area contributed by atoms with Crippen molar-refractivity contribution in [1.82, 2.24) is 0 Å². The van der Waals surface area contributed by atoms with Gasteiger partial charge >= 0.3 is 0 Å². The molecular weight excluding hydrogens is 276 g/mol. The third-order valence-corrected chi connectivity index (χ3v) is 4.35. The van der Waals surface area contributed by atoms with Crippen molar-refractivity contribution in [3.63, 3.8) is 0 Å². The minimum atomic E-state index is -0.639. The van der Waals surface area contributed by atoms with E-state index in [1.807, 2.05) is 37.3 Å². The van der Waals surface area contributed by atoms with Crippen molar-refractivity contribution in [2.45, 2.75) is 25.2 Å². The van der Waals surface area contributed by atoms with E-state index in [0.29, 0.717) is 6.61 Å². The van der Waals surface area contributed by atoms with Crippen LogP contribution in [0.1, 0.15) is 12.5 Å². The van der Waals surface area contributed by atoms with Gasteiger partial charge in [0.05, 0.1) is 12.7 Å². The summed E-state index contributed by atoms with van der Waals surface area (Å²) >= 11 is 0. The fourth-order valence-corrected chi connectivity index (χ4v) is 3.12. The monoisotopic (exact) mass is 298 g/mol. The molecule has 0 radical (unpaired) electrons. The highest BCUT2D eigenvalue weighted by Crippen LogP contribution is 2.25. The third kappa shape index (κ3) is 2.93. The summed E-state index contributed by atoms with van der Waals surface area (Å²) in [6.07, 6.45) is 2.81. The summed E-state index contributed by atoms with van der Waals surface area (Å²) in [7, 11) is 1.64. The largest absolute Gasteiger partial charge is 0.387 e. The van der Waals surface area contributed by atoms with Crippen LogP contribution in [0.2, 0.25) is 0 Å². The molecule has 4 atom stereocenters.